The van der Waals surface area contributed by atoms with Gasteiger partial charge in [-0.3, -0.25) is 0 Å². The fourth-order valence-electron chi connectivity index (χ4n) is 2.73. The third-order valence-corrected chi connectivity index (χ3v) is 4.20. The summed E-state index contributed by atoms with van der Waals surface area (Å²) < 4.78 is 16.3. The number of ether oxygens (including phenoxy) is 3. The van der Waals surface area contributed by atoms with E-state index in [9.17, 15) is 4.79 Å². The minimum Gasteiger partial charge on any atom is -0.497 e. The standard InChI is InChI=1S/C22H23N3O4/c1-3-4-13-28-21-14-16(10-11-19(21)20-9-6-12-23-25-20)24-22(26)29-18-8-5-7-17(15-18)27-2/h5-12,14-15,19H,3-4,13H2,1-2H3/b24-16+. The van der Waals surface area contributed by atoms with E-state index in [1.165, 1.54) is 0 Å². The second kappa shape index (κ2) is 10.2. The molecule has 0 spiro atoms. The summed E-state index contributed by atoms with van der Waals surface area (Å²) in [5.41, 5.74) is 1.22. The van der Waals surface area contributed by atoms with E-state index >= 15 is 0 Å². The van der Waals surface area contributed by atoms with Crippen molar-refractivity contribution in [2.45, 2.75) is 25.7 Å². The van der Waals surface area contributed by atoms with Gasteiger partial charge in [0.15, 0.2) is 0 Å². The Kier molecular flexibility index (Phi) is 7.10. The molecule has 7 nitrogen and oxygen atoms in total. The third-order valence-electron chi connectivity index (χ3n) is 4.20. The molecule has 7 heteroatoms. The van der Waals surface area contributed by atoms with Crippen LogP contribution in [0, 0.1) is 0 Å². The Labute approximate surface area is 169 Å². The number of allylic oxidation sites excluding steroid dienone is 3. The third kappa shape index (κ3) is 5.75. The van der Waals surface area contributed by atoms with Gasteiger partial charge in [0.1, 0.15) is 17.3 Å². The predicted molar refractivity (Wildman–Crippen MR) is 109 cm³/mol. The molecule has 1 heterocycles. The molecule has 0 N–H and O–H groups in total. The zero-order chi connectivity index (χ0) is 20.5. The molecular weight excluding hydrogens is 370 g/mol. The lowest BCUT2D eigenvalue weighted by molar-refractivity contribution is 0.195. The predicted octanol–water partition coefficient (Wildman–Crippen LogP) is 4.48. The van der Waals surface area contributed by atoms with Crippen molar-refractivity contribution < 1.29 is 19.0 Å². The maximum Gasteiger partial charge on any atom is 0.439 e. The Balaban J connectivity index is 1.76. The first kappa shape index (κ1) is 20.3. The number of carbonyl (C=O) groups is 1. The van der Waals surface area contributed by atoms with Gasteiger partial charge in [-0.2, -0.15) is 15.2 Å². The molecular formula is C22H23N3O4. The topological polar surface area (TPSA) is 82.9 Å². The fraction of sp³-hybridized carbons (Fsp3) is 0.273. The number of carbonyl (C=O) groups excluding carboxylic acids is 1. The molecule has 1 aliphatic carbocycles. The Bertz CT molecular complexity index is 923. The monoisotopic (exact) mass is 393 g/mol. The van der Waals surface area contributed by atoms with Crippen molar-refractivity contribution >= 4 is 11.8 Å². The van der Waals surface area contributed by atoms with Crippen LogP contribution >= 0.6 is 0 Å². The SMILES string of the molecule is CCCCOC1=C/C(=N/C(=O)Oc2cccc(OC)c2)C=CC1c1cccnn1. The van der Waals surface area contributed by atoms with E-state index in [0.717, 1.165) is 18.5 Å². The largest absolute Gasteiger partial charge is 0.497 e. The lowest BCUT2D eigenvalue weighted by Crippen LogP contribution is -2.14. The number of aromatic nitrogens is 2. The number of aliphatic imine (C=N–C) groups is 1. The minimum absolute atomic E-state index is 0.172. The molecule has 0 bridgehead atoms. The molecule has 0 aliphatic heterocycles. The van der Waals surface area contributed by atoms with E-state index in [1.807, 2.05) is 18.2 Å². The van der Waals surface area contributed by atoms with E-state index in [-0.39, 0.29) is 5.92 Å². The van der Waals surface area contributed by atoms with Crippen molar-refractivity contribution in [2.75, 3.05) is 13.7 Å². The Morgan fingerprint density at radius 2 is 2.07 bits per heavy atom. The Hall–Kier alpha value is -3.48. The van der Waals surface area contributed by atoms with E-state index in [0.29, 0.717) is 29.6 Å². The second-order valence-electron chi connectivity index (χ2n) is 6.32. The van der Waals surface area contributed by atoms with Gasteiger partial charge in [0.2, 0.25) is 0 Å². The van der Waals surface area contributed by atoms with E-state index in [4.69, 9.17) is 14.2 Å². The molecule has 1 aliphatic rings. The number of amides is 1. The maximum absolute atomic E-state index is 12.2. The molecule has 1 atom stereocenters. The van der Waals surface area contributed by atoms with Crippen LogP contribution in [-0.4, -0.2) is 35.7 Å². The second-order valence-corrected chi connectivity index (χ2v) is 6.32. The average Bonchev–Trinajstić information content (AvgIpc) is 2.75. The highest BCUT2D eigenvalue weighted by atomic mass is 16.5. The first-order valence-corrected chi connectivity index (χ1v) is 9.44. The molecule has 0 saturated carbocycles. The highest BCUT2D eigenvalue weighted by molar-refractivity contribution is 6.09. The van der Waals surface area contributed by atoms with Crippen molar-refractivity contribution in [3.05, 3.63) is 72.3 Å². The number of rotatable bonds is 7. The van der Waals surface area contributed by atoms with Crippen molar-refractivity contribution in [1.29, 1.82) is 0 Å². The lowest BCUT2D eigenvalue weighted by Gasteiger charge is -2.20. The number of unbranched alkanes of at least 4 members (excludes halogenated alkanes) is 1. The van der Waals surface area contributed by atoms with Crippen LogP contribution in [0.4, 0.5) is 4.79 Å². The van der Waals surface area contributed by atoms with Crippen LogP contribution < -0.4 is 9.47 Å². The number of nitrogens with zero attached hydrogens (tertiary/aromatic N) is 3. The summed E-state index contributed by atoms with van der Waals surface area (Å²) in [4.78, 5) is 16.3. The van der Waals surface area contributed by atoms with Crippen molar-refractivity contribution in [3.63, 3.8) is 0 Å². The van der Waals surface area contributed by atoms with Crippen molar-refractivity contribution in [3.8, 4) is 11.5 Å². The zero-order valence-corrected chi connectivity index (χ0v) is 16.4. The summed E-state index contributed by atoms with van der Waals surface area (Å²) in [6.07, 6.45) is 8.23. The van der Waals surface area contributed by atoms with Gasteiger partial charge < -0.3 is 14.2 Å². The average molecular weight is 393 g/mol. The van der Waals surface area contributed by atoms with Crippen LogP contribution in [0.5, 0.6) is 11.5 Å². The van der Waals surface area contributed by atoms with Crippen LogP contribution in [0.1, 0.15) is 31.4 Å². The number of hydrogen-bond acceptors (Lipinski definition) is 6. The van der Waals surface area contributed by atoms with E-state index in [1.54, 1.807) is 49.7 Å². The van der Waals surface area contributed by atoms with Gasteiger partial charge >= 0.3 is 6.09 Å². The summed E-state index contributed by atoms with van der Waals surface area (Å²) >= 11 is 0. The number of methoxy groups -OCH3 is 1. The molecule has 1 amide bonds. The van der Waals surface area contributed by atoms with Gasteiger partial charge in [-0.15, -0.1) is 0 Å². The Morgan fingerprint density at radius 3 is 2.83 bits per heavy atom. The van der Waals surface area contributed by atoms with Crippen LogP contribution in [0.15, 0.2) is 71.6 Å². The first-order valence-electron chi connectivity index (χ1n) is 9.44. The molecule has 1 aromatic heterocycles. The molecule has 29 heavy (non-hydrogen) atoms. The van der Waals surface area contributed by atoms with Crippen LogP contribution in [0.2, 0.25) is 0 Å². The number of hydrogen-bond donors (Lipinski definition) is 0. The molecule has 0 fully saturated rings. The van der Waals surface area contributed by atoms with E-state index in [2.05, 4.69) is 22.1 Å². The summed E-state index contributed by atoms with van der Waals surface area (Å²) in [5.74, 6) is 1.46. The zero-order valence-electron chi connectivity index (χ0n) is 16.4. The van der Waals surface area contributed by atoms with Crippen LogP contribution in [0.3, 0.4) is 0 Å². The molecule has 1 aromatic carbocycles. The van der Waals surface area contributed by atoms with Crippen LogP contribution in [0.25, 0.3) is 0 Å². The summed E-state index contributed by atoms with van der Waals surface area (Å²) in [5, 5.41) is 8.11. The molecule has 2 aromatic rings. The quantitative estimate of drug-likeness (QED) is 0.645. The number of benzene rings is 1. The fourth-order valence-corrected chi connectivity index (χ4v) is 2.73. The first-order chi connectivity index (χ1) is 14.2. The molecule has 150 valence electrons. The normalized spacial score (nSPS) is 17.0. The minimum atomic E-state index is -0.722. The van der Waals surface area contributed by atoms with Crippen LogP contribution in [-0.2, 0) is 4.74 Å². The maximum atomic E-state index is 12.2. The van der Waals surface area contributed by atoms with Gasteiger partial charge in [-0.25, -0.2) is 4.79 Å². The summed E-state index contributed by atoms with van der Waals surface area (Å²) in [6, 6.07) is 10.5. The van der Waals surface area contributed by atoms with Gasteiger partial charge in [0, 0.05) is 18.3 Å². The smallest absolute Gasteiger partial charge is 0.439 e. The van der Waals surface area contributed by atoms with Gasteiger partial charge in [0.25, 0.3) is 0 Å². The van der Waals surface area contributed by atoms with E-state index < -0.39 is 6.09 Å². The highest BCUT2D eigenvalue weighted by Crippen LogP contribution is 2.28. The molecule has 3 rings (SSSR count). The summed E-state index contributed by atoms with van der Waals surface area (Å²) in [6.45, 7) is 2.68. The van der Waals surface area contributed by atoms with Gasteiger partial charge in [0.05, 0.1) is 31.0 Å². The lowest BCUT2D eigenvalue weighted by atomic mass is 9.96. The van der Waals surface area contributed by atoms with Crippen molar-refractivity contribution in [1.82, 2.24) is 10.2 Å². The van der Waals surface area contributed by atoms with Crippen molar-refractivity contribution in [2.24, 2.45) is 4.99 Å². The summed E-state index contributed by atoms with van der Waals surface area (Å²) in [7, 11) is 1.55. The molecule has 1 unspecified atom stereocenters. The Morgan fingerprint density at radius 1 is 1.21 bits per heavy atom. The molecule has 0 saturated heterocycles. The highest BCUT2D eigenvalue weighted by Gasteiger charge is 2.21. The molecule has 0 radical (unpaired) electrons. The van der Waals surface area contributed by atoms with Gasteiger partial charge in [-0.1, -0.05) is 25.5 Å². The van der Waals surface area contributed by atoms with Gasteiger partial charge in [-0.05, 0) is 36.8 Å².